The van der Waals surface area contributed by atoms with Crippen molar-refractivity contribution in [1.29, 1.82) is 0 Å². The Balaban J connectivity index is 1.75. The van der Waals surface area contributed by atoms with E-state index in [1.165, 1.54) is 7.11 Å². The summed E-state index contributed by atoms with van der Waals surface area (Å²) in [5.41, 5.74) is 5.98. The minimum atomic E-state index is -0.778. The summed E-state index contributed by atoms with van der Waals surface area (Å²) >= 11 is 3.47. The number of hydrazone groups is 1. The summed E-state index contributed by atoms with van der Waals surface area (Å²) in [5, 5.41) is 4.37. The predicted octanol–water partition coefficient (Wildman–Crippen LogP) is 3.92. The average molecular weight is 520 g/mol. The molecule has 1 aliphatic heterocycles. The normalized spacial score (nSPS) is 15.2. The minimum Gasteiger partial charge on any atom is -0.495 e. The van der Waals surface area contributed by atoms with Crippen LogP contribution in [0.5, 0.6) is 11.5 Å². The molecular formula is C24H30BrN3O5. The molecule has 33 heavy (non-hydrogen) atoms. The summed E-state index contributed by atoms with van der Waals surface area (Å²) < 4.78 is 22.4. The van der Waals surface area contributed by atoms with E-state index >= 15 is 0 Å². The first-order valence-corrected chi connectivity index (χ1v) is 11.5. The van der Waals surface area contributed by atoms with E-state index in [2.05, 4.69) is 31.4 Å². The van der Waals surface area contributed by atoms with Crippen LogP contribution < -0.4 is 19.8 Å². The molecule has 1 unspecified atom stereocenters. The molecule has 178 valence electrons. The van der Waals surface area contributed by atoms with Crippen molar-refractivity contribution in [2.75, 3.05) is 52.5 Å². The first kappa shape index (κ1) is 25.0. The fraction of sp³-hybridized carbons (Fsp3) is 0.417. The van der Waals surface area contributed by atoms with E-state index in [1.54, 1.807) is 14.2 Å². The molecule has 1 N–H and O–H groups in total. The Labute approximate surface area is 203 Å². The fourth-order valence-electron chi connectivity index (χ4n) is 3.64. The largest absolute Gasteiger partial charge is 0.495 e. The quantitative estimate of drug-likeness (QED) is 0.399. The van der Waals surface area contributed by atoms with E-state index in [0.717, 1.165) is 47.6 Å². The second-order valence-electron chi connectivity index (χ2n) is 7.39. The lowest BCUT2D eigenvalue weighted by Gasteiger charge is -2.29. The Morgan fingerprint density at radius 1 is 1.12 bits per heavy atom. The third-order valence-corrected chi connectivity index (χ3v) is 6.24. The SMILES string of the molecule is CCC(=NNC(=O)C(OC)c1ccc(N2CCOCC2)cc1)c1cc(OC)c(Br)c(OC)c1. The second-order valence-corrected chi connectivity index (χ2v) is 8.18. The van der Waals surface area contributed by atoms with Crippen LogP contribution in [0, 0.1) is 0 Å². The molecule has 3 rings (SSSR count). The highest BCUT2D eigenvalue weighted by atomic mass is 79.9. The van der Waals surface area contributed by atoms with Crippen molar-refractivity contribution in [2.45, 2.75) is 19.4 Å². The van der Waals surface area contributed by atoms with Crippen molar-refractivity contribution < 1.29 is 23.7 Å². The van der Waals surface area contributed by atoms with Crippen LogP contribution >= 0.6 is 15.9 Å². The Morgan fingerprint density at radius 2 is 1.73 bits per heavy atom. The number of carbonyl (C=O) groups is 1. The first-order valence-electron chi connectivity index (χ1n) is 10.8. The highest BCUT2D eigenvalue weighted by Crippen LogP contribution is 2.36. The number of hydrogen-bond donors (Lipinski definition) is 1. The molecule has 8 nitrogen and oxygen atoms in total. The van der Waals surface area contributed by atoms with Crippen molar-refractivity contribution >= 4 is 33.2 Å². The maximum atomic E-state index is 12.9. The molecule has 0 aliphatic carbocycles. The fourth-order valence-corrected chi connectivity index (χ4v) is 4.19. The molecule has 0 spiro atoms. The molecule has 9 heteroatoms. The van der Waals surface area contributed by atoms with Crippen LogP contribution in [0.1, 0.15) is 30.6 Å². The van der Waals surface area contributed by atoms with Gasteiger partial charge < -0.3 is 23.8 Å². The highest BCUT2D eigenvalue weighted by Gasteiger charge is 2.21. The molecule has 1 fully saturated rings. The zero-order chi connectivity index (χ0) is 23.8. The van der Waals surface area contributed by atoms with E-state index in [0.29, 0.717) is 23.6 Å². The van der Waals surface area contributed by atoms with Gasteiger partial charge in [-0.25, -0.2) is 5.43 Å². The molecule has 1 heterocycles. The lowest BCUT2D eigenvalue weighted by molar-refractivity contribution is -0.131. The van der Waals surface area contributed by atoms with Gasteiger partial charge in [0.2, 0.25) is 0 Å². The summed E-state index contributed by atoms with van der Waals surface area (Å²) in [6.45, 7) is 5.11. The monoisotopic (exact) mass is 519 g/mol. The Bertz CT molecular complexity index is 950. The number of amides is 1. The number of methoxy groups -OCH3 is 3. The number of anilines is 1. The number of morpholine rings is 1. The smallest absolute Gasteiger partial charge is 0.273 e. The molecule has 0 radical (unpaired) electrons. The van der Waals surface area contributed by atoms with Crippen LogP contribution in [0.3, 0.4) is 0 Å². The molecule has 2 aromatic rings. The second kappa shape index (κ2) is 12.0. The van der Waals surface area contributed by atoms with Crippen molar-refractivity contribution in [3.05, 3.63) is 52.0 Å². The van der Waals surface area contributed by atoms with Gasteiger partial charge in [-0.05, 0) is 52.2 Å². The molecule has 1 atom stereocenters. The van der Waals surface area contributed by atoms with Gasteiger partial charge in [0.25, 0.3) is 5.91 Å². The van der Waals surface area contributed by atoms with Crippen LogP contribution in [0.25, 0.3) is 0 Å². The Morgan fingerprint density at radius 3 is 2.24 bits per heavy atom. The lowest BCUT2D eigenvalue weighted by Crippen LogP contribution is -2.36. The zero-order valence-corrected chi connectivity index (χ0v) is 21.0. The van der Waals surface area contributed by atoms with E-state index in [-0.39, 0.29) is 5.91 Å². The summed E-state index contributed by atoms with van der Waals surface area (Å²) in [4.78, 5) is 15.1. The van der Waals surface area contributed by atoms with Crippen molar-refractivity contribution in [3.63, 3.8) is 0 Å². The molecule has 0 bridgehead atoms. The molecule has 0 saturated carbocycles. The summed E-state index contributed by atoms with van der Waals surface area (Å²) in [5.74, 6) is 0.887. The topological polar surface area (TPSA) is 81.6 Å². The standard InChI is InChI=1S/C24H30BrN3O5/c1-5-19(17-14-20(30-2)22(25)21(15-17)31-3)26-27-24(29)23(32-4)16-6-8-18(9-7-16)28-10-12-33-13-11-28/h6-9,14-15,23H,5,10-13H2,1-4H3,(H,27,29). The molecule has 2 aromatic carbocycles. The number of nitrogens with zero attached hydrogens (tertiary/aromatic N) is 2. The van der Waals surface area contributed by atoms with Gasteiger partial charge in [0.15, 0.2) is 6.10 Å². The van der Waals surface area contributed by atoms with Gasteiger partial charge in [0.05, 0.1) is 33.1 Å². The van der Waals surface area contributed by atoms with Gasteiger partial charge in [0.1, 0.15) is 16.0 Å². The summed E-state index contributed by atoms with van der Waals surface area (Å²) in [7, 11) is 4.68. The van der Waals surface area contributed by atoms with Gasteiger partial charge in [0, 0.05) is 31.5 Å². The molecule has 1 amide bonds. The number of benzene rings is 2. The van der Waals surface area contributed by atoms with Crippen molar-refractivity contribution in [2.24, 2.45) is 5.10 Å². The minimum absolute atomic E-state index is 0.349. The first-order chi connectivity index (χ1) is 16.0. The summed E-state index contributed by atoms with van der Waals surface area (Å²) in [6.07, 6.45) is -0.181. The van der Waals surface area contributed by atoms with E-state index in [9.17, 15) is 4.79 Å². The number of hydrogen-bond acceptors (Lipinski definition) is 7. The van der Waals surface area contributed by atoms with Crippen LogP contribution in [-0.4, -0.2) is 59.3 Å². The van der Waals surface area contributed by atoms with E-state index < -0.39 is 6.10 Å². The van der Waals surface area contributed by atoms with Gasteiger partial charge in [-0.15, -0.1) is 0 Å². The van der Waals surface area contributed by atoms with E-state index in [4.69, 9.17) is 18.9 Å². The van der Waals surface area contributed by atoms with Crippen LogP contribution in [0.2, 0.25) is 0 Å². The van der Waals surface area contributed by atoms with Gasteiger partial charge in [-0.2, -0.15) is 5.10 Å². The van der Waals surface area contributed by atoms with Crippen LogP contribution in [-0.2, 0) is 14.3 Å². The highest BCUT2D eigenvalue weighted by molar-refractivity contribution is 9.10. The molecule has 0 aromatic heterocycles. The number of nitrogens with one attached hydrogen (secondary N) is 1. The number of rotatable bonds is 9. The molecule has 1 aliphatic rings. The third-order valence-electron chi connectivity index (χ3n) is 5.46. The Hall–Kier alpha value is -2.62. The third kappa shape index (κ3) is 6.04. The van der Waals surface area contributed by atoms with Crippen LogP contribution in [0.4, 0.5) is 5.69 Å². The van der Waals surface area contributed by atoms with E-state index in [1.807, 2.05) is 43.3 Å². The van der Waals surface area contributed by atoms with Gasteiger partial charge in [-0.1, -0.05) is 19.1 Å². The summed E-state index contributed by atoms with van der Waals surface area (Å²) in [6, 6.07) is 11.5. The van der Waals surface area contributed by atoms with Crippen LogP contribution in [0.15, 0.2) is 46.0 Å². The zero-order valence-electron chi connectivity index (χ0n) is 19.4. The predicted molar refractivity (Wildman–Crippen MR) is 131 cm³/mol. The van der Waals surface area contributed by atoms with Crippen molar-refractivity contribution in [1.82, 2.24) is 5.43 Å². The van der Waals surface area contributed by atoms with Gasteiger partial charge >= 0.3 is 0 Å². The maximum Gasteiger partial charge on any atom is 0.273 e. The Kier molecular flexibility index (Phi) is 9.11. The number of halogens is 1. The maximum absolute atomic E-state index is 12.9. The average Bonchev–Trinajstić information content (AvgIpc) is 2.86. The lowest BCUT2D eigenvalue weighted by atomic mass is 10.1. The van der Waals surface area contributed by atoms with Crippen molar-refractivity contribution in [3.8, 4) is 11.5 Å². The molecule has 1 saturated heterocycles. The number of ether oxygens (including phenoxy) is 4. The number of carbonyl (C=O) groups excluding carboxylic acids is 1. The van der Waals surface area contributed by atoms with Gasteiger partial charge in [-0.3, -0.25) is 4.79 Å². The molecular weight excluding hydrogens is 490 g/mol.